The Labute approximate surface area is 141 Å². The second kappa shape index (κ2) is 7.64. The molecule has 2 rings (SSSR count). The van der Waals surface area contributed by atoms with Gasteiger partial charge < -0.3 is 15.2 Å². The summed E-state index contributed by atoms with van der Waals surface area (Å²) in [5.74, 6) is 0.0259. The molecule has 0 aliphatic heterocycles. The number of ketones is 1. The van der Waals surface area contributed by atoms with E-state index in [-0.39, 0.29) is 30.3 Å². The van der Waals surface area contributed by atoms with Crippen molar-refractivity contribution in [2.45, 2.75) is 26.7 Å². The molecule has 0 fully saturated rings. The van der Waals surface area contributed by atoms with Crippen molar-refractivity contribution in [1.29, 1.82) is 0 Å². The van der Waals surface area contributed by atoms with Crippen molar-refractivity contribution < 1.29 is 19.4 Å². The highest BCUT2D eigenvalue weighted by atomic mass is 16.5. The summed E-state index contributed by atoms with van der Waals surface area (Å²) in [5, 5.41) is 12.4. The highest BCUT2D eigenvalue weighted by molar-refractivity contribution is 6.02. The first-order chi connectivity index (χ1) is 11.4. The zero-order valence-corrected chi connectivity index (χ0v) is 14.1. The summed E-state index contributed by atoms with van der Waals surface area (Å²) in [6.07, 6.45) is 0.0987. The fourth-order valence-corrected chi connectivity index (χ4v) is 2.36. The molecule has 5 heteroatoms. The number of carbonyl (C=O) groups excluding carboxylic acids is 2. The zero-order chi connectivity index (χ0) is 17.7. The van der Waals surface area contributed by atoms with Crippen LogP contribution < -0.4 is 10.1 Å². The first kappa shape index (κ1) is 17.5. The predicted octanol–water partition coefficient (Wildman–Crippen LogP) is 3.62. The highest BCUT2D eigenvalue weighted by Crippen LogP contribution is 2.25. The van der Waals surface area contributed by atoms with E-state index >= 15 is 0 Å². The van der Waals surface area contributed by atoms with Crippen molar-refractivity contribution in [3.63, 3.8) is 0 Å². The van der Waals surface area contributed by atoms with Gasteiger partial charge in [-0.15, -0.1) is 0 Å². The first-order valence-electron chi connectivity index (χ1n) is 7.68. The lowest BCUT2D eigenvalue weighted by Gasteiger charge is -2.10. The molecule has 0 saturated heterocycles. The minimum atomic E-state index is -0.323. The summed E-state index contributed by atoms with van der Waals surface area (Å²) in [6.45, 7) is 3.76. The van der Waals surface area contributed by atoms with Crippen molar-refractivity contribution >= 4 is 17.4 Å². The van der Waals surface area contributed by atoms with Crippen molar-refractivity contribution in [3.05, 3.63) is 53.1 Å². The molecule has 0 heterocycles. The van der Waals surface area contributed by atoms with Gasteiger partial charge in [0, 0.05) is 12.8 Å². The molecule has 5 nitrogen and oxygen atoms in total. The quantitative estimate of drug-likeness (QED) is 0.627. The van der Waals surface area contributed by atoms with E-state index in [4.69, 9.17) is 4.74 Å². The Hall–Kier alpha value is -2.82. The molecule has 0 unspecified atom stereocenters. The summed E-state index contributed by atoms with van der Waals surface area (Å²) < 4.78 is 5.20. The summed E-state index contributed by atoms with van der Waals surface area (Å²) in [4.78, 5) is 24.4. The normalized spacial score (nSPS) is 10.3. The number of hydrogen-bond acceptors (Lipinski definition) is 4. The summed E-state index contributed by atoms with van der Waals surface area (Å²) in [6, 6.07) is 10.3. The lowest BCUT2D eigenvalue weighted by Crippen LogP contribution is -2.14. The third-order valence-corrected chi connectivity index (χ3v) is 3.66. The Bertz CT molecular complexity index is 768. The third-order valence-electron chi connectivity index (χ3n) is 3.66. The molecule has 2 aromatic carbocycles. The van der Waals surface area contributed by atoms with Crippen LogP contribution >= 0.6 is 0 Å². The average Bonchev–Trinajstić information content (AvgIpc) is 2.56. The van der Waals surface area contributed by atoms with Gasteiger partial charge in [0.15, 0.2) is 5.78 Å². The maximum atomic E-state index is 12.3. The molecule has 0 aromatic heterocycles. The van der Waals surface area contributed by atoms with Gasteiger partial charge in [0.05, 0.1) is 18.4 Å². The second-order valence-corrected chi connectivity index (χ2v) is 5.70. The number of Topliss-reactive ketones (excluding diaryl/α,β-unsaturated/α-hetero) is 1. The number of carbonyl (C=O) groups is 2. The lowest BCUT2D eigenvalue weighted by atomic mass is 10.0. The number of anilines is 1. The molecule has 0 saturated carbocycles. The molecule has 0 bridgehead atoms. The van der Waals surface area contributed by atoms with Gasteiger partial charge in [-0.3, -0.25) is 9.59 Å². The number of aryl methyl sites for hydroxylation is 2. The Kier molecular flexibility index (Phi) is 5.58. The minimum absolute atomic E-state index is 0.000583. The fraction of sp³-hybridized carbons (Fsp3) is 0.263. The molecular weight excluding hydrogens is 306 g/mol. The van der Waals surface area contributed by atoms with E-state index < -0.39 is 0 Å². The maximum absolute atomic E-state index is 12.3. The largest absolute Gasteiger partial charge is 0.506 e. The van der Waals surface area contributed by atoms with Gasteiger partial charge in [-0.05, 0) is 43.7 Å². The summed E-state index contributed by atoms with van der Waals surface area (Å²) in [5.41, 5.74) is 2.70. The molecule has 0 radical (unpaired) electrons. The van der Waals surface area contributed by atoms with Crippen LogP contribution in [0.4, 0.5) is 5.69 Å². The zero-order valence-electron chi connectivity index (χ0n) is 14.1. The van der Waals surface area contributed by atoms with Crippen molar-refractivity contribution in [3.8, 4) is 11.5 Å². The number of aromatic hydroxyl groups is 1. The monoisotopic (exact) mass is 327 g/mol. The number of benzene rings is 2. The van der Waals surface area contributed by atoms with Crippen LogP contribution in [0.3, 0.4) is 0 Å². The van der Waals surface area contributed by atoms with E-state index in [0.717, 1.165) is 11.1 Å². The number of phenols is 1. The van der Waals surface area contributed by atoms with Gasteiger partial charge in [-0.25, -0.2) is 0 Å². The predicted molar refractivity (Wildman–Crippen MR) is 92.8 cm³/mol. The molecule has 24 heavy (non-hydrogen) atoms. The second-order valence-electron chi connectivity index (χ2n) is 5.70. The Morgan fingerprint density at radius 3 is 2.42 bits per heavy atom. The van der Waals surface area contributed by atoms with Crippen molar-refractivity contribution in [2.24, 2.45) is 0 Å². The van der Waals surface area contributed by atoms with E-state index in [2.05, 4.69) is 5.32 Å². The van der Waals surface area contributed by atoms with Crippen molar-refractivity contribution in [1.82, 2.24) is 0 Å². The highest BCUT2D eigenvalue weighted by Gasteiger charge is 2.15. The third kappa shape index (κ3) is 4.35. The topological polar surface area (TPSA) is 75.6 Å². The number of methoxy groups -OCH3 is 1. The average molecular weight is 327 g/mol. The van der Waals surface area contributed by atoms with E-state index in [1.165, 1.54) is 13.2 Å². The van der Waals surface area contributed by atoms with Gasteiger partial charge in [0.25, 0.3) is 0 Å². The fourth-order valence-electron chi connectivity index (χ4n) is 2.36. The summed E-state index contributed by atoms with van der Waals surface area (Å²) in [7, 11) is 1.51. The molecule has 126 valence electrons. The molecular formula is C19H21NO4. The van der Waals surface area contributed by atoms with Crippen molar-refractivity contribution in [2.75, 3.05) is 12.4 Å². The van der Waals surface area contributed by atoms with Gasteiger partial charge in [0.2, 0.25) is 5.91 Å². The standard InChI is InChI=1S/C19H21NO4/c1-12-5-8-18(24-3)14(10-12)16(21)7-9-19(23)20-15-11-13(2)4-6-17(15)22/h4-6,8,10-11,22H,7,9H2,1-3H3,(H,20,23). The number of ether oxygens (including phenoxy) is 1. The molecule has 2 N–H and O–H groups in total. The SMILES string of the molecule is COc1ccc(C)cc1C(=O)CCC(=O)Nc1cc(C)ccc1O. The van der Waals surface area contributed by atoms with Crippen LogP contribution in [0.15, 0.2) is 36.4 Å². The van der Waals surface area contributed by atoms with Gasteiger partial charge in [-0.1, -0.05) is 17.7 Å². The van der Waals surface area contributed by atoms with Crippen LogP contribution in [0, 0.1) is 13.8 Å². The summed E-state index contributed by atoms with van der Waals surface area (Å²) >= 11 is 0. The number of amides is 1. The van der Waals surface area contributed by atoms with Gasteiger partial charge in [-0.2, -0.15) is 0 Å². The molecule has 1 amide bonds. The first-order valence-corrected chi connectivity index (χ1v) is 7.68. The molecule has 0 spiro atoms. The van der Waals surface area contributed by atoms with Gasteiger partial charge >= 0.3 is 0 Å². The maximum Gasteiger partial charge on any atom is 0.224 e. The number of rotatable bonds is 6. The van der Waals surface area contributed by atoms with Crippen LogP contribution in [-0.4, -0.2) is 23.9 Å². The molecule has 0 aliphatic rings. The number of nitrogens with one attached hydrogen (secondary N) is 1. The molecule has 0 atom stereocenters. The van der Waals surface area contributed by atoms with Crippen LogP contribution in [0.25, 0.3) is 0 Å². The minimum Gasteiger partial charge on any atom is -0.506 e. The van der Waals surface area contributed by atoms with E-state index in [0.29, 0.717) is 17.0 Å². The van der Waals surface area contributed by atoms with E-state index in [1.807, 2.05) is 19.9 Å². The Balaban J connectivity index is 2.00. The Morgan fingerprint density at radius 1 is 1.04 bits per heavy atom. The van der Waals surface area contributed by atoms with Crippen LogP contribution in [0.2, 0.25) is 0 Å². The smallest absolute Gasteiger partial charge is 0.224 e. The number of hydrogen-bond donors (Lipinski definition) is 2. The van der Waals surface area contributed by atoms with Crippen LogP contribution in [0.5, 0.6) is 11.5 Å². The lowest BCUT2D eigenvalue weighted by molar-refractivity contribution is -0.116. The Morgan fingerprint density at radius 2 is 1.71 bits per heavy atom. The van der Waals surface area contributed by atoms with Crippen LogP contribution in [-0.2, 0) is 4.79 Å². The number of phenolic OH excluding ortho intramolecular Hbond substituents is 1. The van der Waals surface area contributed by atoms with Gasteiger partial charge in [0.1, 0.15) is 11.5 Å². The molecule has 0 aliphatic carbocycles. The van der Waals surface area contributed by atoms with E-state index in [1.54, 1.807) is 24.3 Å². The van der Waals surface area contributed by atoms with E-state index in [9.17, 15) is 14.7 Å². The van der Waals surface area contributed by atoms with Crippen LogP contribution in [0.1, 0.15) is 34.3 Å². The molecule has 2 aromatic rings.